The first-order valence-corrected chi connectivity index (χ1v) is 27.4. The van der Waals surface area contributed by atoms with Gasteiger partial charge in [0.2, 0.25) is 0 Å². The minimum atomic E-state index is -4.64. The molecule has 11 heteroatoms. The van der Waals surface area contributed by atoms with Crippen LogP contribution in [0.15, 0.2) is 36.5 Å². The highest BCUT2D eigenvalue weighted by Crippen LogP contribution is 2.43. The lowest BCUT2D eigenvalue weighted by Crippen LogP contribution is -2.29. The largest absolute Gasteiger partial charge is 0.472 e. The Bertz CT molecular complexity index is 1140. The van der Waals surface area contributed by atoms with Crippen molar-refractivity contribution in [3.8, 4) is 0 Å². The third kappa shape index (κ3) is 48.0. The molecule has 0 rings (SSSR count). The van der Waals surface area contributed by atoms with Crippen LogP contribution >= 0.6 is 7.82 Å². The number of aliphatic hydroxyl groups excluding tert-OH is 2. The molecule has 0 aromatic rings. The molecule has 0 aromatic carbocycles. The topological polar surface area (TPSA) is 149 Å². The van der Waals surface area contributed by atoms with E-state index in [1.165, 1.54) is 173 Å². The fourth-order valence-electron chi connectivity index (χ4n) is 7.27. The highest BCUT2D eigenvalue weighted by atomic mass is 31.2. The number of carbonyl (C=O) groups is 2. The molecule has 3 N–H and O–H groups in total. The molecule has 0 saturated heterocycles. The molecule has 0 spiro atoms. The first-order chi connectivity index (χ1) is 30.7. The molecule has 0 fully saturated rings. The van der Waals surface area contributed by atoms with E-state index in [0.717, 1.165) is 25.7 Å². The van der Waals surface area contributed by atoms with Crippen LogP contribution in [0.2, 0.25) is 0 Å². The van der Waals surface area contributed by atoms with Gasteiger partial charge in [0.05, 0.1) is 19.8 Å². The molecule has 0 bridgehead atoms. The summed E-state index contributed by atoms with van der Waals surface area (Å²) in [6, 6.07) is 0. The summed E-state index contributed by atoms with van der Waals surface area (Å²) in [6.45, 7) is 2.35. The summed E-state index contributed by atoms with van der Waals surface area (Å²) in [5.74, 6) is -1.01. The summed E-state index contributed by atoms with van der Waals surface area (Å²) in [6.07, 6.45) is 52.9. The fourth-order valence-corrected chi connectivity index (χ4v) is 8.06. The van der Waals surface area contributed by atoms with E-state index in [2.05, 4.69) is 44.2 Å². The van der Waals surface area contributed by atoms with Crippen LogP contribution in [-0.4, -0.2) is 65.7 Å². The van der Waals surface area contributed by atoms with Gasteiger partial charge in [0.1, 0.15) is 12.7 Å². The van der Waals surface area contributed by atoms with Crippen molar-refractivity contribution < 1.29 is 47.8 Å². The number of aliphatic hydroxyl groups is 2. The number of hydrogen-bond acceptors (Lipinski definition) is 9. The van der Waals surface area contributed by atoms with Crippen LogP contribution < -0.4 is 0 Å². The van der Waals surface area contributed by atoms with Gasteiger partial charge in [0.15, 0.2) is 6.10 Å². The number of allylic oxidation sites excluding steroid dienone is 6. The third-order valence-corrected chi connectivity index (χ3v) is 12.2. The van der Waals surface area contributed by atoms with Crippen LogP contribution in [0.5, 0.6) is 0 Å². The summed E-state index contributed by atoms with van der Waals surface area (Å²) in [5.41, 5.74) is 0. The van der Waals surface area contributed by atoms with E-state index >= 15 is 0 Å². The zero-order chi connectivity index (χ0) is 46.2. The Morgan fingerprint density at radius 3 is 1.24 bits per heavy atom. The van der Waals surface area contributed by atoms with Crippen molar-refractivity contribution in [2.75, 3.05) is 26.4 Å². The third-order valence-electron chi connectivity index (χ3n) is 11.3. The van der Waals surface area contributed by atoms with Gasteiger partial charge in [-0.15, -0.1) is 0 Å². The van der Waals surface area contributed by atoms with Crippen LogP contribution in [0, 0.1) is 0 Å². The lowest BCUT2D eigenvalue weighted by Gasteiger charge is -2.20. The molecule has 0 amide bonds. The Balaban J connectivity index is 4.21. The van der Waals surface area contributed by atoms with Crippen molar-refractivity contribution >= 4 is 19.8 Å². The molecule has 370 valence electrons. The number of rotatable bonds is 49. The highest BCUT2D eigenvalue weighted by molar-refractivity contribution is 7.47. The Morgan fingerprint density at radius 2 is 0.825 bits per heavy atom. The molecular weight excluding hydrogens is 816 g/mol. The van der Waals surface area contributed by atoms with Crippen molar-refractivity contribution in [3.63, 3.8) is 0 Å². The van der Waals surface area contributed by atoms with E-state index in [-0.39, 0.29) is 19.4 Å². The molecular formula is C52H97O10P. The SMILES string of the molecule is CCCCCCCCCCC/C=C/C/C=C/CCCC(=O)O[C@@H](COC(=O)CCC/C=C/CCCCCCCCCCCCCCCCCCCC)COP(=O)(O)OC[C@H](O)CO. The lowest BCUT2D eigenvalue weighted by molar-refractivity contribution is -0.161. The van der Waals surface area contributed by atoms with Crippen LogP contribution in [0.3, 0.4) is 0 Å². The van der Waals surface area contributed by atoms with Crippen molar-refractivity contribution in [3.05, 3.63) is 36.5 Å². The van der Waals surface area contributed by atoms with Gasteiger partial charge in [-0.05, 0) is 57.8 Å². The van der Waals surface area contributed by atoms with E-state index in [0.29, 0.717) is 19.3 Å². The molecule has 0 heterocycles. The minimum Gasteiger partial charge on any atom is -0.462 e. The molecule has 63 heavy (non-hydrogen) atoms. The highest BCUT2D eigenvalue weighted by Gasteiger charge is 2.27. The molecule has 0 aliphatic carbocycles. The van der Waals surface area contributed by atoms with Gasteiger partial charge in [-0.1, -0.05) is 211 Å². The van der Waals surface area contributed by atoms with Crippen LogP contribution in [-0.2, 0) is 32.7 Å². The molecule has 0 saturated carbocycles. The maximum absolute atomic E-state index is 12.6. The Labute approximate surface area is 386 Å². The van der Waals surface area contributed by atoms with Gasteiger partial charge in [-0.3, -0.25) is 18.6 Å². The summed E-state index contributed by atoms with van der Waals surface area (Å²) in [7, 11) is -4.64. The van der Waals surface area contributed by atoms with Gasteiger partial charge < -0.3 is 24.6 Å². The first-order valence-electron chi connectivity index (χ1n) is 25.9. The summed E-state index contributed by atoms with van der Waals surface area (Å²) < 4.78 is 32.8. The van der Waals surface area contributed by atoms with Gasteiger partial charge >= 0.3 is 19.8 Å². The molecule has 1 unspecified atom stereocenters. The second kappa shape index (κ2) is 48.1. The predicted octanol–water partition coefficient (Wildman–Crippen LogP) is 14.7. The normalized spacial score (nSPS) is 13.9. The molecule has 0 radical (unpaired) electrons. The average molecular weight is 913 g/mol. The quantitative estimate of drug-likeness (QED) is 0.0233. The fraction of sp³-hybridized carbons (Fsp3) is 0.846. The maximum Gasteiger partial charge on any atom is 0.472 e. The Kier molecular flexibility index (Phi) is 46.7. The monoisotopic (exact) mass is 913 g/mol. The van der Waals surface area contributed by atoms with Crippen LogP contribution in [0.4, 0.5) is 0 Å². The smallest absolute Gasteiger partial charge is 0.462 e. The van der Waals surface area contributed by atoms with Crippen molar-refractivity contribution in [2.45, 2.75) is 257 Å². The van der Waals surface area contributed by atoms with Crippen molar-refractivity contribution in [1.82, 2.24) is 0 Å². The second-order valence-electron chi connectivity index (χ2n) is 17.5. The number of ether oxygens (including phenoxy) is 2. The number of carbonyl (C=O) groups excluding carboxylic acids is 2. The molecule has 0 aromatic heterocycles. The molecule has 3 atom stereocenters. The van der Waals surface area contributed by atoms with E-state index in [1.54, 1.807) is 0 Å². The van der Waals surface area contributed by atoms with Crippen molar-refractivity contribution in [2.24, 2.45) is 0 Å². The van der Waals surface area contributed by atoms with Gasteiger partial charge in [-0.25, -0.2) is 4.57 Å². The van der Waals surface area contributed by atoms with E-state index in [9.17, 15) is 24.2 Å². The summed E-state index contributed by atoms with van der Waals surface area (Å²) in [4.78, 5) is 35.1. The van der Waals surface area contributed by atoms with Gasteiger partial charge in [0, 0.05) is 12.8 Å². The van der Waals surface area contributed by atoms with Crippen LogP contribution in [0.25, 0.3) is 0 Å². The molecule has 0 aliphatic heterocycles. The number of hydrogen-bond donors (Lipinski definition) is 3. The number of phosphoric acid groups is 1. The molecule has 10 nitrogen and oxygen atoms in total. The number of unbranched alkanes of at least 4 members (excludes halogenated alkanes) is 29. The zero-order valence-corrected chi connectivity index (χ0v) is 41.4. The molecule has 0 aliphatic rings. The van der Waals surface area contributed by atoms with E-state index in [1.807, 2.05) is 6.08 Å². The zero-order valence-electron chi connectivity index (χ0n) is 40.5. The summed E-state index contributed by atoms with van der Waals surface area (Å²) >= 11 is 0. The van der Waals surface area contributed by atoms with Gasteiger partial charge in [0.25, 0.3) is 0 Å². The summed E-state index contributed by atoms with van der Waals surface area (Å²) in [5, 5.41) is 18.4. The number of esters is 2. The first kappa shape index (κ1) is 61.2. The Morgan fingerprint density at radius 1 is 0.476 bits per heavy atom. The minimum absolute atomic E-state index is 0.116. The van der Waals surface area contributed by atoms with Crippen LogP contribution in [0.1, 0.15) is 245 Å². The second-order valence-corrected chi connectivity index (χ2v) is 19.0. The average Bonchev–Trinajstić information content (AvgIpc) is 3.27. The predicted molar refractivity (Wildman–Crippen MR) is 261 cm³/mol. The number of phosphoric ester groups is 1. The van der Waals surface area contributed by atoms with E-state index in [4.69, 9.17) is 23.6 Å². The lowest BCUT2D eigenvalue weighted by atomic mass is 10.0. The van der Waals surface area contributed by atoms with E-state index < -0.39 is 51.8 Å². The standard InChI is InChI=1S/C52H97O10P/c1-3-5-7-9-11-13-15-17-19-21-22-23-24-25-26-28-29-31-33-35-37-39-41-43-51(55)59-47-50(48-61-63(57,58)60-46-49(54)45-53)62-52(56)44-42-40-38-36-34-32-30-27-20-18-16-14-12-10-8-6-4-2/h30,32,35-38,49-50,53-54H,3-29,31,33-34,39-48H2,1-2H3,(H,57,58)/b32-30+,37-35+,38-36+/t49-,50+/m1/s1. The van der Waals surface area contributed by atoms with Gasteiger partial charge in [-0.2, -0.15) is 0 Å². The Hall–Kier alpha value is -1.81. The maximum atomic E-state index is 12.6. The van der Waals surface area contributed by atoms with Crippen molar-refractivity contribution in [1.29, 1.82) is 0 Å².